The fourth-order valence-electron chi connectivity index (χ4n) is 4.18. The Balaban J connectivity index is 0.000000301. The summed E-state index contributed by atoms with van der Waals surface area (Å²) in [4.78, 5) is 36.9. The minimum atomic E-state index is -5.08. The molecule has 0 aromatic carbocycles. The normalized spacial score (nSPS) is 23.8. The van der Waals surface area contributed by atoms with E-state index in [1.165, 1.54) is 0 Å². The van der Waals surface area contributed by atoms with Crippen LogP contribution in [0.15, 0.2) is 24.5 Å². The number of nitrogens with zero attached hydrogens (tertiary/aromatic N) is 2. The molecule has 0 saturated carbocycles. The van der Waals surface area contributed by atoms with Gasteiger partial charge in [0, 0.05) is 45.0 Å². The number of nitrogens with one attached hydrogen (secondary N) is 1. The average Bonchev–Trinajstić information content (AvgIpc) is 3.40. The van der Waals surface area contributed by atoms with Gasteiger partial charge in [-0.3, -0.25) is 9.78 Å². The fraction of sp³-hybridized carbons (Fsp3) is 0.636. The quantitative estimate of drug-likeness (QED) is 0.476. The van der Waals surface area contributed by atoms with Crippen LogP contribution in [-0.4, -0.2) is 95.9 Å². The fourth-order valence-corrected chi connectivity index (χ4v) is 4.18. The van der Waals surface area contributed by atoms with E-state index in [0.717, 1.165) is 57.3 Å². The van der Waals surface area contributed by atoms with Crippen molar-refractivity contribution in [2.75, 3.05) is 44.8 Å². The monoisotopic (exact) mass is 559 g/mol. The number of amides is 1. The van der Waals surface area contributed by atoms with Gasteiger partial charge < -0.3 is 29.9 Å². The second-order valence-electron chi connectivity index (χ2n) is 8.75. The first-order valence-electron chi connectivity index (χ1n) is 11.4. The Labute approximate surface area is 212 Å². The molecule has 214 valence electrons. The predicted octanol–water partition coefficient (Wildman–Crippen LogP) is 2.66. The van der Waals surface area contributed by atoms with Crippen molar-refractivity contribution in [1.82, 2.24) is 9.88 Å². The number of pyridine rings is 1. The Bertz CT molecular complexity index is 902. The van der Waals surface area contributed by atoms with Crippen LogP contribution in [0.1, 0.15) is 12.8 Å². The molecule has 3 saturated heterocycles. The number of hydrogen-bond acceptors (Lipinski definition) is 7. The number of halogens is 6. The number of carboxylic acids is 2. The molecule has 0 bridgehead atoms. The number of carboxylic acid groups (broad SMARTS) is 2. The number of aromatic nitrogens is 1. The van der Waals surface area contributed by atoms with Gasteiger partial charge in [-0.05, 0) is 30.9 Å². The van der Waals surface area contributed by atoms with Gasteiger partial charge in [0.1, 0.15) is 0 Å². The molecule has 16 heteroatoms. The van der Waals surface area contributed by atoms with Crippen LogP contribution in [0.4, 0.5) is 32.0 Å². The second kappa shape index (κ2) is 13.7. The highest BCUT2D eigenvalue weighted by Crippen LogP contribution is 2.35. The van der Waals surface area contributed by atoms with Gasteiger partial charge in [-0.25, -0.2) is 9.59 Å². The summed E-state index contributed by atoms with van der Waals surface area (Å²) >= 11 is 0. The van der Waals surface area contributed by atoms with Gasteiger partial charge in [0.05, 0.1) is 30.5 Å². The predicted molar refractivity (Wildman–Crippen MR) is 117 cm³/mol. The summed E-state index contributed by atoms with van der Waals surface area (Å²) < 4.78 is 74.8. The lowest BCUT2D eigenvalue weighted by molar-refractivity contribution is -0.193. The van der Waals surface area contributed by atoms with Crippen molar-refractivity contribution < 1.29 is 60.4 Å². The zero-order chi connectivity index (χ0) is 28.5. The molecule has 4 rings (SSSR count). The molecule has 3 atom stereocenters. The van der Waals surface area contributed by atoms with Crippen molar-refractivity contribution in [2.45, 2.75) is 31.3 Å². The zero-order valence-electron chi connectivity index (χ0n) is 19.9. The summed E-state index contributed by atoms with van der Waals surface area (Å²) in [7, 11) is 0. The first-order chi connectivity index (χ1) is 17.7. The number of fused-ring (bicyclic) bond motifs is 1. The van der Waals surface area contributed by atoms with E-state index in [9.17, 15) is 31.1 Å². The van der Waals surface area contributed by atoms with Gasteiger partial charge >= 0.3 is 24.3 Å². The maximum Gasteiger partial charge on any atom is 0.490 e. The van der Waals surface area contributed by atoms with E-state index in [0.29, 0.717) is 12.5 Å². The Morgan fingerprint density at radius 2 is 1.61 bits per heavy atom. The molecular weight excluding hydrogens is 532 g/mol. The molecule has 3 aliphatic rings. The highest BCUT2D eigenvalue weighted by Gasteiger charge is 2.47. The van der Waals surface area contributed by atoms with Crippen LogP contribution in [0.2, 0.25) is 0 Å². The number of rotatable bonds is 4. The number of carbonyl (C=O) groups is 3. The maximum atomic E-state index is 12.6. The summed E-state index contributed by atoms with van der Waals surface area (Å²) in [6, 6.07) is 3.69. The Hall–Kier alpha value is -2.98. The van der Waals surface area contributed by atoms with Crippen LogP contribution in [0.25, 0.3) is 0 Å². The van der Waals surface area contributed by atoms with E-state index in [1.54, 1.807) is 12.4 Å². The molecule has 38 heavy (non-hydrogen) atoms. The Kier molecular flexibility index (Phi) is 11.3. The SMILES string of the molecule is O=C(Nc1cccnc1)[C@H]1CO[C@@H]2CN(CC3CCOCC3)C[C@H]12.O=C(O)C(F)(F)F.O=C(O)C(F)(F)F. The van der Waals surface area contributed by atoms with E-state index < -0.39 is 24.3 Å². The van der Waals surface area contributed by atoms with Crippen LogP contribution in [0.3, 0.4) is 0 Å². The first-order valence-corrected chi connectivity index (χ1v) is 11.4. The molecule has 4 heterocycles. The van der Waals surface area contributed by atoms with Gasteiger partial charge in [0.2, 0.25) is 5.91 Å². The van der Waals surface area contributed by atoms with Crippen LogP contribution in [0, 0.1) is 17.8 Å². The summed E-state index contributed by atoms with van der Waals surface area (Å²) in [5.74, 6) is -4.49. The van der Waals surface area contributed by atoms with Gasteiger partial charge in [-0.1, -0.05) is 0 Å². The molecule has 0 spiro atoms. The molecular formula is C22H27F6N3O7. The van der Waals surface area contributed by atoms with Crippen LogP contribution in [-0.2, 0) is 23.9 Å². The van der Waals surface area contributed by atoms with Gasteiger partial charge in [-0.15, -0.1) is 0 Å². The number of aliphatic carboxylic acids is 2. The van der Waals surface area contributed by atoms with Crippen molar-refractivity contribution in [3.05, 3.63) is 24.5 Å². The van der Waals surface area contributed by atoms with Crippen molar-refractivity contribution in [2.24, 2.45) is 17.8 Å². The highest BCUT2D eigenvalue weighted by atomic mass is 19.4. The molecule has 3 N–H and O–H groups in total. The topological polar surface area (TPSA) is 138 Å². The van der Waals surface area contributed by atoms with E-state index >= 15 is 0 Å². The third kappa shape index (κ3) is 10.1. The lowest BCUT2D eigenvalue weighted by Crippen LogP contribution is -2.34. The highest BCUT2D eigenvalue weighted by molar-refractivity contribution is 5.93. The van der Waals surface area contributed by atoms with Crippen LogP contribution >= 0.6 is 0 Å². The zero-order valence-corrected chi connectivity index (χ0v) is 19.9. The number of carbonyl (C=O) groups excluding carboxylic acids is 1. The number of hydrogen-bond donors (Lipinski definition) is 3. The number of alkyl halides is 6. The third-order valence-electron chi connectivity index (χ3n) is 6.00. The maximum absolute atomic E-state index is 12.6. The van der Waals surface area contributed by atoms with E-state index in [2.05, 4.69) is 15.2 Å². The number of anilines is 1. The molecule has 1 amide bonds. The Morgan fingerprint density at radius 1 is 1.03 bits per heavy atom. The molecule has 0 aliphatic carbocycles. The summed E-state index contributed by atoms with van der Waals surface area (Å²) in [5, 5.41) is 17.2. The Morgan fingerprint density at radius 3 is 2.11 bits per heavy atom. The van der Waals surface area contributed by atoms with E-state index in [1.807, 2.05) is 12.1 Å². The van der Waals surface area contributed by atoms with Crippen LogP contribution < -0.4 is 5.32 Å². The smallest absolute Gasteiger partial charge is 0.475 e. The summed E-state index contributed by atoms with van der Waals surface area (Å²) in [6.07, 6.45) is -4.28. The molecule has 0 radical (unpaired) electrons. The van der Waals surface area contributed by atoms with Crippen molar-refractivity contribution in [3.63, 3.8) is 0 Å². The second-order valence-corrected chi connectivity index (χ2v) is 8.75. The molecule has 0 unspecified atom stereocenters. The summed E-state index contributed by atoms with van der Waals surface area (Å²) in [6.45, 7) is 5.34. The lowest BCUT2D eigenvalue weighted by atomic mass is 9.92. The largest absolute Gasteiger partial charge is 0.490 e. The summed E-state index contributed by atoms with van der Waals surface area (Å²) in [5.41, 5.74) is 0.753. The van der Waals surface area contributed by atoms with Gasteiger partial charge in [0.25, 0.3) is 0 Å². The first kappa shape index (κ1) is 31.2. The average molecular weight is 559 g/mol. The number of likely N-dealkylation sites (tertiary alicyclic amines) is 1. The molecule has 1 aromatic heterocycles. The van der Waals surface area contributed by atoms with Crippen molar-refractivity contribution in [3.8, 4) is 0 Å². The minimum absolute atomic E-state index is 0.0587. The molecule has 3 fully saturated rings. The molecule has 10 nitrogen and oxygen atoms in total. The van der Waals surface area contributed by atoms with Gasteiger partial charge in [-0.2, -0.15) is 26.3 Å². The van der Waals surface area contributed by atoms with E-state index in [4.69, 9.17) is 29.3 Å². The molecule has 3 aliphatic heterocycles. The van der Waals surface area contributed by atoms with Gasteiger partial charge in [0.15, 0.2) is 0 Å². The van der Waals surface area contributed by atoms with E-state index in [-0.39, 0.29) is 17.9 Å². The molecule has 1 aromatic rings. The lowest BCUT2D eigenvalue weighted by Gasteiger charge is -2.27. The number of ether oxygens (including phenoxy) is 2. The third-order valence-corrected chi connectivity index (χ3v) is 6.00. The van der Waals surface area contributed by atoms with Crippen molar-refractivity contribution in [1.29, 1.82) is 0 Å². The standard InChI is InChI=1S/C18H25N3O3.2C2HF3O2/c22-18(20-14-2-1-5-19-8-14)16-12-24-17-11-21(10-15(16)17)9-13-3-6-23-7-4-13;2*3-2(4,5)1(6)7/h1-2,5,8,13,15-17H,3-4,6-7,9-12H2,(H,20,22);2*(H,6,7)/t15-,16+,17-;;/m1../s1. The van der Waals surface area contributed by atoms with Crippen LogP contribution in [0.5, 0.6) is 0 Å². The van der Waals surface area contributed by atoms with Crippen molar-refractivity contribution >= 4 is 23.5 Å². The minimum Gasteiger partial charge on any atom is -0.475 e.